The van der Waals surface area contributed by atoms with E-state index in [0.717, 1.165) is 24.1 Å². The molecule has 0 radical (unpaired) electrons. The number of amides is 1. The number of rotatable bonds is 8. The zero-order valence-electron chi connectivity index (χ0n) is 16.5. The van der Waals surface area contributed by atoms with Crippen LogP contribution in [0.5, 0.6) is 5.75 Å². The van der Waals surface area contributed by atoms with Gasteiger partial charge in [-0.25, -0.2) is 0 Å². The Morgan fingerprint density at radius 2 is 2.03 bits per heavy atom. The summed E-state index contributed by atoms with van der Waals surface area (Å²) in [5, 5.41) is 15.5. The number of tetrazole rings is 1. The molecule has 1 aliphatic carbocycles. The second kappa shape index (κ2) is 8.24. The van der Waals surface area contributed by atoms with Gasteiger partial charge < -0.3 is 10.1 Å². The summed E-state index contributed by atoms with van der Waals surface area (Å²) in [7, 11) is 1.61. The number of nitrogens with one attached hydrogen (secondary N) is 1. The molecular weight excluding hydrogens is 386 g/mol. The molecule has 0 atom stereocenters. The molecule has 3 aromatic rings. The van der Waals surface area contributed by atoms with E-state index in [1.54, 1.807) is 11.8 Å². The third-order valence-electron chi connectivity index (χ3n) is 5.20. The third-order valence-corrected chi connectivity index (χ3v) is 6.12. The maximum atomic E-state index is 12.4. The number of nitrogens with zero attached hydrogens (tertiary/aromatic N) is 4. The van der Waals surface area contributed by atoms with Gasteiger partial charge >= 0.3 is 0 Å². The van der Waals surface area contributed by atoms with Crippen molar-refractivity contribution >= 4 is 17.7 Å². The van der Waals surface area contributed by atoms with Gasteiger partial charge in [-0.1, -0.05) is 48.2 Å². The van der Waals surface area contributed by atoms with E-state index in [-0.39, 0.29) is 17.1 Å². The quantitative estimate of drug-likeness (QED) is 0.576. The Bertz CT molecular complexity index is 1000. The molecule has 0 unspecified atom stereocenters. The molecule has 1 aliphatic rings. The Morgan fingerprint density at radius 1 is 1.24 bits per heavy atom. The lowest BCUT2D eigenvalue weighted by Gasteiger charge is -2.16. The largest absolute Gasteiger partial charge is 0.494 e. The number of hydrogen-bond acceptors (Lipinski definition) is 6. The Labute approximate surface area is 173 Å². The zero-order valence-corrected chi connectivity index (χ0v) is 17.3. The van der Waals surface area contributed by atoms with Crippen molar-refractivity contribution in [2.45, 2.75) is 30.3 Å². The minimum atomic E-state index is -0.0250. The lowest BCUT2D eigenvalue weighted by atomic mass is 9.96. The molecular formula is C21H23N5O2S. The highest BCUT2D eigenvalue weighted by atomic mass is 32.2. The first kappa shape index (κ1) is 19.4. The van der Waals surface area contributed by atoms with Crippen LogP contribution in [0.4, 0.5) is 0 Å². The van der Waals surface area contributed by atoms with E-state index >= 15 is 0 Å². The highest BCUT2D eigenvalue weighted by Gasteiger charge is 2.44. The molecule has 1 aromatic heterocycles. The van der Waals surface area contributed by atoms with Gasteiger partial charge in [0.15, 0.2) is 0 Å². The molecule has 2 aromatic carbocycles. The molecule has 8 heteroatoms. The van der Waals surface area contributed by atoms with Crippen LogP contribution >= 0.6 is 11.8 Å². The Kier molecular flexibility index (Phi) is 5.53. The number of carbonyl (C=O) groups excluding carboxylic acids is 1. The highest BCUT2D eigenvalue weighted by Crippen LogP contribution is 2.47. The van der Waals surface area contributed by atoms with Crippen LogP contribution in [0.2, 0.25) is 0 Å². The monoisotopic (exact) mass is 409 g/mol. The lowest BCUT2D eigenvalue weighted by Crippen LogP contribution is -2.33. The van der Waals surface area contributed by atoms with Crippen molar-refractivity contribution in [3.05, 3.63) is 59.7 Å². The standard InChI is InChI=1S/C21H23N5O2S/c1-15-8-9-18(28-2)17(12-15)26-20(23-24-25-26)29-13-19(27)22-14-21(10-11-21)16-6-4-3-5-7-16/h3-9,12H,10-11,13-14H2,1-2H3,(H,22,27). The number of carbonyl (C=O) groups is 1. The highest BCUT2D eigenvalue weighted by molar-refractivity contribution is 7.99. The molecule has 1 fully saturated rings. The number of thioether (sulfide) groups is 1. The third kappa shape index (κ3) is 4.27. The number of benzene rings is 2. The number of ether oxygens (including phenoxy) is 1. The summed E-state index contributed by atoms with van der Waals surface area (Å²) in [4.78, 5) is 12.4. The van der Waals surface area contributed by atoms with Gasteiger partial charge in [0.2, 0.25) is 11.1 Å². The summed E-state index contributed by atoms with van der Waals surface area (Å²) in [6, 6.07) is 16.2. The first-order valence-corrected chi connectivity index (χ1v) is 10.5. The molecule has 150 valence electrons. The van der Waals surface area contributed by atoms with E-state index in [2.05, 4.69) is 33.0 Å². The molecule has 1 amide bonds. The molecule has 1 saturated carbocycles. The smallest absolute Gasteiger partial charge is 0.230 e. The predicted octanol–water partition coefficient (Wildman–Crippen LogP) is 2.92. The van der Waals surface area contributed by atoms with Crippen molar-refractivity contribution in [1.29, 1.82) is 0 Å². The number of aromatic nitrogens is 4. The van der Waals surface area contributed by atoms with E-state index < -0.39 is 0 Å². The summed E-state index contributed by atoms with van der Waals surface area (Å²) in [5.74, 6) is 0.898. The van der Waals surface area contributed by atoms with Crippen molar-refractivity contribution in [1.82, 2.24) is 25.5 Å². The van der Waals surface area contributed by atoms with Gasteiger partial charge in [0.1, 0.15) is 11.4 Å². The van der Waals surface area contributed by atoms with Crippen LogP contribution in [0.1, 0.15) is 24.0 Å². The van der Waals surface area contributed by atoms with Gasteiger partial charge in [-0.15, -0.1) is 5.10 Å². The average molecular weight is 410 g/mol. The second-order valence-electron chi connectivity index (χ2n) is 7.26. The van der Waals surface area contributed by atoms with Crippen LogP contribution in [0.3, 0.4) is 0 Å². The van der Waals surface area contributed by atoms with Gasteiger partial charge in [-0.05, 0) is 53.5 Å². The molecule has 0 aliphatic heterocycles. The Balaban J connectivity index is 1.38. The molecule has 0 saturated heterocycles. The van der Waals surface area contributed by atoms with Crippen LogP contribution in [0.25, 0.3) is 5.69 Å². The Morgan fingerprint density at radius 3 is 2.76 bits per heavy atom. The second-order valence-corrected chi connectivity index (χ2v) is 8.20. The van der Waals surface area contributed by atoms with Gasteiger partial charge in [0.05, 0.1) is 12.9 Å². The van der Waals surface area contributed by atoms with Crippen LogP contribution in [0.15, 0.2) is 53.7 Å². The number of hydrogen-bond donors (Lipinski definition) is 1. The average Bonchev–Trinajstić information content (AvgIpc) is 3.40. The van der Waals surface area contributed by atoms with Gasteiger partial charge in [-0.3, -0.25) is 4.79 Å². The molecule has 29 heavy (non-hydrogen) atoms. The fourth-order valence-electron chi connectivity index (χ4n) is 3.34. The molecule has 0 spiro atoms. The van der Waals surface area contributed by atoms with Crippen molar-refractivity contribution in [2.24, 2.45) is 0 Å². The molecule has 1 heterocycles. The number of methoxy groups -OCH3 is 1. The SMILES string of the molecule is COc1ccc(C)cc1-n1nnnc1SCC(=O)NCC1(c2ccccc2)CC1. The Hall–Kier alpha value is -2.87. The van der Waals surface area contributed by atoms with Gasteiger partial charge in [-0.2, -0.15) is 4.68 Å². The minimum absolute atomic E-state index is 0.0250. The summed E-state index contributed by atoms with van der Waals surface area (Å²) >= 11 is 1.31. The van der Waals surface area contributed by atoms with E-state index in [1.807, 2.05) is 43.3 Å². The van der Waals surface area contributed by atoms with Crippen LogP contribution < -0.4 is 10.1 Å². The van der Waals surface area contributed by atoms with Crippen molar-refractivity contribution in [3.63, 3.8) is 0 Å². The number of aryl methyl sites for hydroxylation is 1. The van der Waals surface area contributed by atoms with Crippen LogP contribution in [-0.2, 0) is 10.2 Å². The molecule has 7 nitrogen and oxygen atoms in total. The van der Waals surface area contributed by atoms with Crippen LogP contribution in [-0.4, -0.2) is 45.5 Å². The topological polar surface area (TPSA) is 81.9 Å². The van der Waals surface area contributed by atoms with E-state index in [4.69, 9.17) is 4.74 Å². The van der Waals surface area contributed by atoms with Crippen LogP contribution in [0, 0.1) is 6.92 Å². The van der Waals surface area contributed by atoms with Gasteiger partial charge in [0, 0.05) is 12.0 Å². The first-order chi connectivity index (χ1) is 14.1. The summed E-state index contributed by atoms with van der Waals surface area (Å²) in [5.41, 5.74) is 3.21. The fourth-order valence-corrected chi connectivity index (χ4v) is 4.06. The first-order valence-electron chi connectivity index (χ1n) is 9.50. The van der Waals surface area contributed by atoms with E-state index in [9.17, 15) is 4.79 Å². The molecule has 4 rings (SSSR count). The fraction of sp³-hybridized carbons (Fsp3) is 0.333. The van der Waals surface area contributed by atoms with Crippen molar-refractivity contribution < 1.29 is 9.53 Å². The predicted molar refractivity (Wildman–Crippen MR) is 112 cm³/mol. The molecule has 1 N–H and O–H groups in total. The maximum Gasteiger partial charge on any atom is 0.230 e. The van der Waals surface area contributed by atoms with Crippen molar-refractivity contribution in [2.75, 3.05) is 19.4 Å². The van der Waals surface area contributed by atoms with Crippen molar-refractivity contribution in [3.8, 4) is 11.4 Å². The summed E-state index contributed by atoms with van der Waals surface area (Å²) < 4.78 is 7.03. The molecule has 0 bridgehead atoms. The van der Waals surface area contributed by atoms with E-state index in [1.165, 1.54) is 17.3 Å². The summed E-state index contributed by atoms with van der Waals surface area (Å²) in [6.07, 6.45) is 2.21. The van der Waals surface area contributed by atoms with Gasteiger partial charge in [0.25, 0.3) is 0 Å². The normalized spacial score (nSPS) is 14.4. The maximum absolute atomic E-state index is 12.4. The lowest BCUT2D eigenvalue weighted by molar-refractivity contribution is -0.118. The minimum Gasteiger partial charge on any atom is -0.494 e. The summed E-state index contributed by atoms with van der Waals surface area (Å²) in [6.45, 7) is 2.65. The van der Waals surface area contributed by atoms with E-state index in [0.29, 0.717) is 17.5 Å². The zero-order chi connectivity index (χ0) is 20.3.